The highest BCUT2D eigenvalue weighted by Gasteiger charge is 2.01. The molecule has 2 N–H and O–H groups in total. The van der Waals surface area contributed by atoms with Gasteiger partial charge in [0, 0.05) is 5.69 Å². The van der Waals surface area contributed by atoms with Crippen LogP contribution in [0.25, 0.3) is 0 Å². The summed E-state index contributed by atoms with van der Waals surface area (Å²) in [6, 6.07) is 2.04. The lowest BCUT2D eigenvalue weighted by Crippen LogP contribution is -1.96. The van der Waals surface area contributed by atoms with Crippen LogP contribution in [0.1, 0.15) is 31.0 Å². The number of aryl methyl sites for hydroxylation is 1. The molecule has 0 spiro atoms. The van der Waals surface area contributed by atoms with E-state index in [0.29, 0.717) is 5.92 Å². The highest BCUT2D eigenvalue weighted by atomic mass is 14.7. The molecule has 0 aliphatic carbocycles. The quantitative estimate of drug-likeness (QED) is 0.665. The van der Waals surface area contributed by atoms with Gasteiger partial charge in [-0.15, -0.1) is 0 Å². The molecule has 2 heteroatoms. The Balaban J connectivity index is 3.05. The molecule has 0 bridgehead atoms. The van der Waals surface area contributed by atoms with Gasteiger partial charge in [0.1, 0.15) is 0 Å². The second-order valence-electron chi connectivity index (χ2n) is 3.12. The first-order valence-electron chi connectivity index (χ1n) is 3.83. The summed E-state index contributed by atoms with van der Waals surface area (Å²) in [4.78, 5) is 4.21. The van der Waals surface area contributed by atoms with Crippen molar-refractivity contribution in [3.63, 3.8) is 0 Å². The third-order valence-electron chi connectivity index (χ3n) is 1.76. The molecule has 1 aromatic rings. The van der Waals surface area contributed by atoms with Crippen molar-refractivity contribution in [1.29, 1.82) is 0 Å². The summed E-state index contributed by atoms with van der Waals surface area (Å²) in [5.74, 6) is 0.481. The monoisotopic (exact) mass is 150 g/mol. The Kier molecular flexibility index (Phi) is 2.13. The number of hydrogen-bond acceptors (Lipinski definition) is 2. The van der Waals surface area contributed by atoms with Crippen molar-refractivity contribution < 1.29 is 0 Å². The highest BCUT2D eigenvalue weighted by molar-refractivity contribution is 5.44. The van der Waals surface area contributed by atoms with Crippen LogP contribution in [-0.2, 0) is 0 Å². The summed E-state index contributed by atoms with van der Waals surface area (Å²) in [7, 11) is 0. The normalized spacial score (nSPS) is 10.5. The van der Waals surface area contributed by atoms with E-state index in [0.717, 1.165) is 16.9 Å². The Morgan fingerprint density at radius 1 is 1.45 bits per heavy atom. The van der Waals surface area contributed by atoms with E-state index in [1.54, 1.807) is 6.20 Å². The Morgan fingerprint density at radius 2 is 2.09 bits per heavy atom. The van der Waals surface area contributed by atoms with E-state index in [1.807, 2.05) is 13.0 Å². The lowest BCUT2D eigenvalue weighted by atomic mass is 10.1. The van der Waals surface area contributed by atoms with E-state index in [9.17, 15) is 0 Å². The van der Waals surface area contributed by atoms with E-state index >= 15 is 0 Å². The van der Waals surface area contributed by atoms with Crippen molar-refractivity contribution in [1.82, 2.24) is 4.98 Å². The van der Waals surface area contributed by atoms with Crippen molar-refractivity contribution in [3.05, 3.63) is 23.5 Å². The van der Waals surface area contributed by atoms with Gasteiger partial charge >= 0.3 is 0 Å². The van der Waals surface area contributed by atoms with Gasteiger partial charge < -0.3 is 5.73 Å². The van der Waals surface area contributed by atoms with Gasteiger partial charge in [-0.1, -0.05) is 13.8 Å². The van der Waals surface area contributed by atoms with Crippen LogP contribution in [0.2, 0.25) is 0 Å². The average molecular weight is 150 g/mol. The van der Waals surface area contributed by atoms with E-state index in [-0.39, 0.29) is 0 Å². The average Bonchev–Trinajstić information content (AvgIpc) is 1.94. The van der Waals surface area contributed by atoms with Crippen LogP contribution in [0.5, 0.6) is 0 Å². The zero-order chi connectivity index (χ0) is 8.43. The number of nitrogen functional groups attached to an aromatic ring is 1. The van der Waals surface area contributed by atoms with Gasteiger partial charge in [0.25, 0.3) is 0 Å². The summed E-state index contributed by atoms with van der Waals surface area (Å²) in [5, 5.41) is 0. The fourth-order valence-corrected chi connectivity index (χ4v) is 0.904. The molecule has 2 nitrogen and oxygen atoms in total. The molecule has 0 amide bonds. The van der Waals surface area contributed by atoms with Crippen LogP contribution in [0.4, 0.5) is 5.69 Å². The Labute approximate surface area is 67.5 Å². The number of nitrogens with zero attached hydrogens (tertiary/aromatic N) is 1. The summed E-state index contributed by atoms with van der Waals surface area (Å²) in [5.41, 5.74) is 8.62. The van der Waals surface area contributed by atoms with Gasteiger partial charge in [-0.25, -0.2) is 0 Å². The Bertz CT molecular complexity index is 254. The zero-order valence-corrected chi connectivity index (χ0v) is 7.26. The van der Waals surface area contributed by atoms with Crippen molar-refractivity contribution >= 4 is 5.69 Å². The third-order valence-corrected chi connectivity index (χ3v) is 1.76. The minimum atomic E-state index is 0.481. The number of anilines is 1. The second-order valence-corrected chi connectivity index (χ2v) is 3.12. The number of hydrogen-bond donors (Lipinski definition) is 1. The van der Waals surface area contributed by atoms with E-state index in [1.165, 1.54) is 0 Å². The molecule has 0 aliphatic heterocycles. The van der Waals surface area contributed by atoms with Crippen molar-refractivity contribution in [2.45, 2.75) is 26.7 Å². The molecule has 1 aromatic heterocycles. The fraction of sp³-hybridized carbons (Fsp3) is 0.444. The number of rotatable bonds is 1. The molecular weight excluding hydrogens is 136 g/mol. The van der Waals surface area contributed by atoms with E-state index < -0.39 is 0 Å². The fourth-order valence-electron chi connectivity index (χ4n) is 0.904. The smallest absolute Gasteiger partial charge is 0.0530 e. The molecule has 11 heavy (non-hydrogen) atoms. The first-order chi connectivity index (χ1) is 5.11. The summed E-state index contributed by atoms with van der Waals surface area (Å²) in [6.45, 7) is 6.25. The van der Waals surface area contributed by atoms with Gasteiger partial charge in [-0.05, 0) is 24.5 Å². The maximum absolute atomic E-state index is 5.63. The molecule has 0 aliphatic rings. The minimum Gasteiger partial charge on any atom is -0.397 e. The Morgan fingerprint density at radius 3 is 2.55 bits per heavy atom. The first kappa shape index (κ1) is 8.05. The van der Waals surface area contributed by atoms with Gasteiger partial charge in [-0.3, -0.25) is 4.98 Å². The summed E-state index contributed by atoms with van der Waals surface area (Å²) >= 11 is 0. The van der Waals surface area contributed by atoms with Crippen LogP contribution in [0, 0.1) is 6.92 Å². The molecule has 0 atom stereocenters. The SMILES string of the molecule is Cc1cc(C(C)C)ncc1N. The molecule has 0 radical (unpaired) electrons. The molecule has 0 saturated heterocycles. The first-order valence-corrected chi connectivity index (χ1v) is 3.83. The lowest BCUT2D eigenvalue weighted by Gasteiger charge is -2.05. The van der Waals surface area contributed by atoms with Crippen LogP contribution in [0.3, 0.4) is 0 Å². The minimum absolute atomic E-state index is 0.481. The second kappa shape index (κ2) is 2.91. The maximum Gasteiger partial charge on any atom is 0.0530 e. The van der Waals surface area contributed by atoms with Crippen molar-refractivity contribution in [2.24, 2.45) is 0 Å². The molecule has 60 valence electrons. The third kappa shape index (κ3) is 1.70. The topological polar surface area (TPSA) is 38.9 Å². The van der Waals surface area contributed by atoms with Gasteiger partial charge in [-0.2, -0.15) is 0 Å². The van der Waals surface area contributed by atoms with Crippen LogP contribution in [-0.4, -0.2) is 4.98 Å². The predicted molar refractivity (Wildman–Crippen MR) is 47.5 cm³/mol. The predicted octanol–water partition coefficient (Wildman–Crippen LogP) is 2.10. The summed E-state index contributed by atoms with van der Waals surface area (Å²) in [6.07, 6.45) is 1.73. The molecule has 0 saturated carbocycles. The van der Waals surface area contributed by atoms with Crippen LogP contribution in [0.15, 0.2) is 12.3 Å². The molecular formula is C9H14N2. The van der Waals surface area contributed by atoms with Crippen LogP contribution >= 0.6 is 0 Å². The molecule has 0 unspecified atom stereocenters. The van der Waals surface area contributed by atoms with Crippen LogP contribution < -0.4 is 5.73 Å². The maximum atomic E-state index is 5.63. The van der Waals surface area contributed by atoms with Gasteiger partial charge in [0.2, 0.25) is 0 Å². The van der Waals surface area contributed by atoms with Crippen molar-refractivity contribution in [3.8, 4) is 0 Å². The summed E-state index contributed by atoms with van der Waals surface area (Å²) < 4.78 is 0. The zero-order valence-electron chi connectivity index (χ0n) is 7.26. The largest absolute Gasteiger partial charge is 0.397 e. The van der Waals surface area contributed by atoms with E-state index in [4.69, 9.17) is 5.73 Å². The molecule has 0 aromatic carbocycles. The molecule has 1 heterocycles. The van der Waals surface area contributed by atoms with Gasteiger partial charge in [0.05, 0.1) is 11.9 Å². The standard InChI is InChI=1S/C9H14N2/c1-6(2)9-4-7(3)8(10)5-11-9/h4-6H,10H2,1-3H3. The molecule has 0 fully saturated rings. The highest BCUT2D eigenvalue weighted by Crippen LogP contribution is 2.15. The number of nitrogens with two attached hydrogens (primary N) is 1. The molecule has 1 rings (SSSR count). The number of aromatic nitrogens is 1. The van der Waals surface area contributed by atoms with Gasteiger partial charge in [0.15, 0.2) is 0 Å². The van der Waals surface area contributed by atoms with E-state index in [2.05, 4.69) is 18.8 Å². The van der Waals surface area contributed by atoms with Crippen molar-refractivity contribution in [2.75, 3.05) is 5.73 Å². The Hall–Kier alpha value is -1.05. The lowest BCUT2D eigenvalue weighted by molar-refractivity contribution is 0.821. The number of pyridine rings is 1.